The smallest absolute Gasteiger partial charge is 0.146 e. The van der Waals surface area contributed by atoms with Gasteiger partial charge in [-0.2, -0.15) is 0 Å². The fourth-order valence-electron chi connectivity index (χ4n) is 2.01. The topological polar surface area (TPSA) is 29.3 Å². The molecule has 0 amide bonds. The molecule has 0 aromatic heterocycles. The zero-order valence-electron chi connectivity index (χ0n) is 10.7. The van der Waals surface area contributed by atoms with Crippen LogP contribution in [-0.2, 0) is 13.1 Å². The maximum absolute atomic E-state index is 13.3. The Kier molecular flexibility index (Phi) is 4.40. The Hall–Kier alpha value is -1.58. The SMILES string of the molecule is CN(Cc1cccc(Cl)c1)Cc1cccc(F)c1N. The lowest BCUT2D eigenvalue weighted by Gasteiger charge is -2.18. The van der Waals surface area contributed by atoms with Gasteiger partial charge in [0.15, 0.2) is 0 Å². The first-order valence-electron chi connectivity index (χ1n) is 6.02. The molecule has 0 aliphatic heterocycles. The van der Waals surface area contributed by atoms with Crippen molar-refractivity contribution in [3.05, 3.63) is 64.4 Å². The van der Waals surface area contributed by atoms with E-state index < -0.39 is 0 Å². The molecule has 0 unspecified atom stereocenters. The highest BCUT2D eigenvalue weighted by Crippen LogP contribution is 2.18. The van der Waals surface area contributed by atoms with Crippen LogP contribution in [0.3, 0.4) is 0 Å². The van der Waals surface area contributed by atoms with Crippen LogP contribution in [0.1, 0.15) is 11.1 Å². The van der Waals surface area contributed by atoms with Crippen molar-refractivity contribution in [2.75, 3.05) is 12.8 Å². The number of halogens is 2. The van der Waals surface area contributed by atoms with Crippen LogP contribution in [0.5, 0.6) is 0 Å². The Morgan fingerprint density at radius 1 is 1.16 bits per heavy atom. The van der Waals surface area contributed by atoms with Crippen molar-refractivity contribution in [3.63, 3.8) is 0 Å². The monoisotopic (exact) mass is 278 g/mol. The number of nitrogens with zero attached hydrogens (tertiary/aromatic N) is 1. The van der Waals surface area contributed by atoms with Crippen molar-refractivity contribution < 1.29 is 4.39 Å². The van der Waals surface area contributed by atoms with Gasteiger partial charge in [0.25, 0.3) is 0 Å². The first-order valence-corrected chi connectivity index (χ1v) is 6.40. The zero-order valence-corrected chi connectivity index (χ0v) is 11.5. The second-order valence-electron chi connectivity index (χ2n) is 4.61. The van der Waals surface area contributed by atoms with Gasteiger partial charge in [0.1, 0.15) is 5.82 Å². The number of nitrogens with two attached hydrogens (primary N) is 1. The predicted molar refractivity (Wildman–Crippen MR) is 77.4 cm³/mol. The first kappa shape index (κ1) is 13.8. The summed E-state index contributed by atoms with van der Waals surface area (Å²) >= 11 is 5.95. The molecule has 0 spiro atoms. The van der Waals surface area contributed by atoms with E-state index in [2.05, 4.69) is 4.90 Å². The number of anilines is 1. The fourth-order valence-corrected chi connectivity index (χ4v) is 2.23. The van der Waals surface area contributed by atoms with Crippen molar-refractivity contribution >= 4 is 17.3 Å². The quantitative estimate of drug-likeness (QED) is 0.864. The average Bonchev–Trinajstić information content (AvgIpc) is 2.35. The molecule has 2 rings (SSSR count). The summed E-state index contributed by atoms with van der Waals surface area (Å²) in [6, 6.07) is 12.6. The molecular formula is C15H16ClFN2. The largest absolute Gasteiger partial charge is 0.396 e. The summed E-state index contributed by atoms with van der Waals surface area (Å²) in [4.78, 5) is 2.07. The minimum absolute atomic E-state index is 0.223. The third kappa shape index (κ3) is 3.69. The number of hydrogen-bond donors (Lipinski definition) is 1. The van der Waals surface area contributed by atoms with E-state index in [9.17, 15) is 4.39 Å². The standard InChI is InChI=1S/C15H16ClFN2/c1-19(9-11-4-2-6-13(16)8-11)10-12-5-3-7-14(17)15(12)18/h2-8H,9-10,18H2,1H3. The molecule has 19 heavy (non-hydrogen) atoms. The van der Waals surface area contributed by atoms with Crippen LogP contribution in [0.2, 0.25) is 5.02 Å². The van der Waals surface area contributed by atoms with Crippen molar-refractivity contribution in [3.8, 4) is 0 Å². The number of nitrogen functional groups attached to an aromatic ring is 1. The van der Waals surface area contributed by atoms with E-state index in [1.807, 2.05) is 37.4 Å². The Bertz CT molecular complexity index is 572. The highest BCUT2D eigenvalue weighted by atomic mass is 35.5. The number of benzene rings is 2. The van der Waals surface area contributed by atoms with Gasteiger partial charge in [-0.3, -0.25) is 4.90 Å². The second kappa shape index (κ2) is 6.04. The molecule has 0 atom stereocenters. The Labute approximate surface area is 117 Å². The lowest BCUT2D eigenvalue weighted by atomic mass is 10.1. The first-order chi connectivity index (χ1) is 9.06. The van der Waals surface area contributed by atoms with E-state index in [0.29, 0.717) is 6.54 Å². The van der Waals surface area contributed by atoms with Gasteiger partial charge in [-0.15, -0.1) is 0 Å². The van der Waals surface area contributed by atoms with Crippen molar-refractivity contribution in [1.29, 1.82) is 0 Å². The molecule has 0 aliphatic carbocycles. The summed E-state index contributed by atoms with van der Waals surface area (Å²) in [5.41, 5.74) is 7.86. The Morgan fingerprint density at radius 2 is 1.89 bits per heavy atom. The molecule has 2 N–H and O–H groups in total. The van der Waals surface area contributed by atoms with E-state index in [4.69, 9.17) is 17.3 Å². The van der Waals surface area contributed by atoms with Crippen LogP contribution < -0.4 is 5.73 Å². The Balaban J connectivity index is 2.05. The molecule has 0 saturated carbocycles. The maximum Gasteiger partial charge on any atom is 0.146 e. The molecule has 0 heterocycles. The van der Waals surface area contributed by atoms with Crippen LogP contribution >= 0.6 is 11.6 Å². The van der Waals surface area contributed by atoms with Crippen LogP contribution in [-0.4, -0.2) is 11.9 Å². The number of rotatable bonds is 4. The van der Waals surface area contributed by atoms with E-state index >= 15 is 0 Å². The van der Waals surface area contributed by atoms with Crippen LogP contribution in [0.25, 0.3) is 0 Å². The van der Waals surface area contributed by atoms with Gasteiger partial charge in [0.05, 0.1) is 5.69 Å². The molecule has 100 valence electrons. The molecule has 0 radical (unpaired) electrons. The minimum atomic E-state index is -0.367. The molecule has 0 fully saturated rings. The van der Waals surface area contributed by atoms with E-state index in [1.54, 1.807) is 6.07 Å². The molecular weight excluding hydrogens is 263 g/mol. The Morgan fingerprint density at radius 3 is 2.63 bits per heavy atom. The highest BCUT2D eigenvalue weighted by Gasteiger charge is 2.07. The molecule has 0 saturated heterocycles. The third-order valence-corrected chi connectivity index (χ3v) is 3.16. The summed E-state index contributed by atoms with van der Waals surface area (Å²) in [5, 5.41) is 0.719. The van der Waals surface area contributed by atoms with E-state index in [1.165, 1.54) is 6.07 Å². The van der Waals surface area contributed by atoms with Crippen molar-refractivity contribution in [1.82, 2.24) is 4.90 Å². The van der Waals surface area contributed by atoms with Gasteiger partial charge < -0.3 is 5.73 Å². The summed E-state index contributed by atoms with van der Waals surface area (Å²) in [7, 11) is 1.96. The fraction of sp³-hybridized carbons (Fsp3) is 0.200. The number of hydrogen-bond acceptors (Lipinski definition) is 2. The molecule has 4 heteroatoms. The third-order valence-electron chi connectivity index (χ3n) is 2.92. The van der Waals surface area contributed by atoms with Gasteiger partial charge in [0, 0.05) is 18.1 Å². The molecule has 0 aliphatic rings. The molecule has 2 aromatic carbocycles. The van der Waals surface area contributed by atoms with Gasteiger partial charge in [-0.1, -0.05) is 35.9 Å². The summed E-state index contributed by atoms with van der Waals surface area (Å²) in [5.74, 6) is -0.367. The van der Waals surface area contributed by atoms with Crippen LogP contribution in [0, 0.1) is 5.82 Å². The van der Waals surface area contributed by atoms with Gasteiger partial charge in [0.2, 0.25) is 0 Å². The minimum Gasteiger partial charge on any atom is -0.396 e. The van der Waals surface area contributed by atoms with Crippen molar-refractivity contribution in [2.24, 2.45) is 0 Å². The molecule has 2 nitrogen and oxygen atoms in total. The summed E-state index contributed by atoms with van der Waals surface area (Å²) in [6.45, 7) is 1.33. The molecule has 0 bridgehead atoms. The normalized spacial score (nSPS) is 10.9. The predicted octanol–water partition coefficient (Wildman–Crippen LogP) is 3.69. The lowest BCUT2D eigenvalue weighted by molar-refractivity contribution is 0.319. The van der Waals surface area contributed by atoms with Gasteiger partial charge in [-0.25, -0.2) is 4.39 Å². The number of para-hydroxylation sites is 1. The van der Waals surface area contributed by atoms with Crippen LogP contribution in [0.15, 0.2) is 42.5 Å². The lowest BCUT2D eigenvalue weighted by Crippen LogP contribution is -2.18. The van der Waals surface area contributed by atoms with Gasteiger partial charge >= 0.3 is 0 Å². The van der Waals surface area contributed by atoms with E-state index in [-0.39, 0.29) is 11.5 Å². The zero-order chi connectivity index (χ0) is 13.8. The average molecular weight is 279 g/mol. The second-order valence-corrected chi connectivity index (χ2v) is 5.05. The molecule has 2 aromatic rings. The van der Waals surface area contributed by atoms with Gasteiger partial charge in [-0.05, 0) is 36.4 Å². The van der Waals surface area contributed by atoms with Crippen LogP contribution in [0.4, 0.5) is 10.1 Å². The maximum atomic E-state index is 13.3. The summed E-state index contributed by atoms with van der Waals surface area (Å²) < 4.78 is 13.3. The van der Waals surface area contributed by atoms with Crippen molar-refractivity contribution in [2.45, 2.75) is 13.1 Å². The highest BCUT2D eigenvalue weighted by molar-refractivity contribution is 6.30. The summed E-state index contributed by atoms with van der Waals surface area (Å²) in [6.07, 6.45) is 0. The van der Waals surface area contributed by atoms with E-state index in [0.717, 1.165) is 22.7 Å².